The molecule has 1 aromatic rings. The van der Waals surface area contributed by atoms with E-state index in [1.165, 1.54) is 24.9 Å². The Morgan fingerprint density at radius 1 is 1.31 bits per heavy atom. The fraction of sp³-hybridized carbons (Fsp3) is 0.462. The van der Waals surface area contributed by atoms with Crippen LogP contribution in [0, 0.1) is 12.3 Å². The predicted molar refractivity (Wildman–Crippen MR) is 66.6 cm³/mol. The first kappa shape index (κ1) is 11.1. The molecular weight excluding hydrogens is 198 g/mol. The van der Waals surface area contributed by atoms with Crippen molar-refractivity contribution in [1.82, 2.24) is 15.0 Å². The third-order valence-corrected chi connectivity index (χ3v) is 3.39. The lowest BCUT2D eigenvalue weighted by Gasteiger charge is -2.38. The molecule has 0 spiro atoms. The Kier molecular flexibility index (Phi) is 3.23. The predicted octanol–water partition coefficient (Wildman–Crippen LogP) is 1.69. The van der Waals surface area contributed by atoms with Gasteiger partial charge in [0.25, 0.3) is 0 Å². The zero-order valence-corrected chi connectivity index (χ0v) is 9.74. The number of pyridine rings is 1. The third-order valence-electron chi connectivity index (χ3n) is 3.39. The van der Waals surface area contributed by atoms with Crippen LogP contribution >= 0.6 is 0 Å². The van der Waals surface area contributed by atoms with Crippen LogP contribution < -0.4 is 10.0 Å². The van der Waals surface area contributed by atoms with E-state index in [4.69, 9.17) is 6.42 Å². The zero-order chi connectivity index (χ0) is 11.4. The van der Waals surface area contributed by atoms with Gasteiger partial charge in [-0.15, -0.1) is 6.42 Å². The summed E-state index contributed by atoms with van der Waals surface area (Å²) in [5.41, 5.74) is 5.45. The highest BCUT2D eigenvalue weighted by Gasteiger charge is 2.32. The number of hydrogen-bond donors (Lipinski definition) is 1. The topological polar surface area (TPSA) is 24.9 Å². The lowest BCUT2D eigenvalue weighted by Crippen LogP contribution is -2.60. The minimum absolute atomic E-state index is 0.808. The summed E-state index contributed by atoms with van der Waals surface area (Å²) in [6.45, 7) is 2.23. The Morgan fingerprint density at radius 2 is 2.06 bits per heavy atom. The zero-order valence-electron chi connectivity index (χ0n) is 9.74. The molecule has 84 valence electrons. The summed E-state index contributed by atoms with van der Waals surface area (Å²) in [4.78, 5) is 4.23. The van der Waals surface area contributed by atoms with Crippen LogP contribution in [0.4, 0.5) is 5.69 Å². The van der Waals surface area contributed by atoms with Crippen molar-refractivity contribution in [1.29, 1.82) is 0 Å². The Morgan fingerprint density at radius 3 is 2.69 bits per heavy atom. The molecule has 3 nitrogen and oxygen atoms in total. The highest BCUT2D eigenvalue weighted by molar-refractivity contribution is 5.46. The molecule has 0 radical (unpaired) electrons. The fourth-order valence-electron chi connectivity index (χ4n) is 2.40. The molecule has 2 heterocycles. The van der Waals surface area contributed by atoms with Gasteiger partial charge in [0.05, 0.1) is 6.20 Å². The number of rotatable bonds is 2. The van der Waals surface area contributed by atoms with Gasteiger partial charge in [0, 0.05) is 24.9 Å². The Hall–Kier alpha value is -1.37. The van der Waals surface area contributed by atoms with E-state index in [0.29, 0.717) is 0 Å². The van der Waals surface area contributed by atoms with Gasteiger partial charge >= 0.3 is 0 Å². The molecule has 1 aromatic heterocycles. The average molecular weight is 216 g/mol. The molecule has 0 atom stereocenters. The van der Waals surface area contributed by atoms with Crippen molar-refractivity contribution >= 4 is 5.69 Å². The van der Waals surface area contributed by atoms with E-state index in [9.17, 15) is 0 Å². The highest BCUT2D eigenvalue weighted by atomic mass is 15.7. The summed E-state index contributed by atoms with van der Waals surface area (Å²) in [7, 11) is 2.01. The largest absolute Gasteiger partial charge is 0.257 e. The molecule has 0 bridgehead atoms. The van der Waals surface area contributed by atoms with Crippen molar-refractivity contribution in [2.45, 2.75) is 19.3 Å². The molecule has 1 aliphatic heterocycles. The van der Waals surface area contributed by atoms with Crippen LogP contribution in [-0.2, 0) is 0 Å². The summed E-state index contributed by atoms with van der Waals surface area (Å²) in [6.07, 6.45) is 12.9. The van der Waals surface area contributed by atoms with Crippen molar-refractivity contribution in [3.05, 3.63) is 24.0 Å². The van der Waals surface area contributed by atoms with E-state index >= 15 is 0 Å². The van der Waals surface area contributed by atoms with E-state index < -0.39 is 0 Å². The molecule has 0 saturated carbocycles. The second-order valence-electron chi connectivity index (χ2n) is 4.28. The molecule has 1 N–H and O–H groups in total. The van der Waals surface area contributed by atoms with Gasteiger partial charge in [0.1, 0.15) is 13.1 Å². The van der Waals surface area contributed by atoms with Gasteiger partial charge in [-0.1, -0.05) is 5.92 Å². The summed E-state index contributed by atoms with van der Waals surface area (Å²) < 4.78 is 0.808. The lowest BCUT2D eigenvalue weighted by molar-refractivity contribution is 0.173. The monoisotopic (exact) mass is 216 g/mol. The SMILES string of the molecule is C#Cc1cncc([N+]2(NC)CCCCC2)c1. The standard InChI is InChI=1S/C13H18N3/c1-3-12-9-13(11-15-10-12)16(14-2)7-5-4-6-8-16/h1,9-11,14H,4-8H2,2H3/q+1. The first-order valence-corrected chi connectivity index (χ1v) is 5.79. The maximum Gasteiger partial charge on any atom is 0.171 e. The van der Waals surface area contributed by atoms with Crippen LogP contribution in [0.2, 0.25) is 0 Å². The van der Waals surface area contributed by atoms with Crippen molar-refractivity contribution < 1.29 is 0 Å². The van der Waals surface area contributed by atoms with Crippen LogP contribution in [0.15, 0.2) is 18.5 Å². The summed E-state index contributed by atoms with van der Waals surface area (Å²) in [5, 5.41) is 0. The maximum absolute atomic E-state index is 5.42. The van der Waals surface area contributed by atoms with E-state index in [2.05, 4.69) is 22.4 Å². The first-order chi connectivity index (χ1) is 7.80. The maximum atomic E-state index is 5.42. The van der Waals surface area contributed by atoms with Gasteiger partial charge in [-0.25, -0.2) is 4.59 Å². The van der Waals surface area contributed by atoms with E-state index in [0.717, 1.165) is 23.2 Å². The van der Waals surface area contributed by atoms with E-state index in [1.54, 1.807) is 6.20 Å². The molecular formula is C13H18N3+. The van der Waals surface area contributed by atoms with Gasteiger partial charge in [-0.05, 0) is 19.3 Å². The van der Waals surface area contributed by atoms with E-state index in [-0.39, 0.29) is 0 Å². The average Bonchev–Trinajstić information content (AvgIpc) is 2.39. The smallest absolute Gasteiger partial charge is 0.171 e. The van der Waals surface area contributed by atoms with Crippen LogP contribution in [0.5, 0.6) is 0 Å². The number of quaternary nitrogens is 1. The van der Waals surface area contributed by atoms with Gasteiger partial charge in [0.15, 0.2) is 5.69 Å². The minimum atomic E-state index is 0.808. The second-order valence-corrected chi connectivity index (χ2v) is 4.28. The number of nitrogens with zero attached hydrogens (tertiary/aromatic N) is 2. The quantitative estimate of drug-likeness (QED) is 0.601. The number of terminal acetylenes is 1. The van der Waals surface area contributed by atoms with Crippen molar-refractivity contribution in [3.63, 3.8) is 0 Å². The lowest BCUT2D eigenvalue weighted by atomic mass is 10.1. The molecule has 1 aliphatic rings. The summed E-state index contributed by atoms with van der Waals surface area (Å²) in [6, 6.07) is 2.06. The van der Waals surface area contributed by atoms with Crippen molar-refractivity contribution in [2.24, 2.45) is 0 Å². The summed E-state index contributed by atoms with van der Waals surface area (Å²) >= 11 is 0. The molecule has 1 saturated heterocycles. The molecule has 1 fully saturated rings. The van der Waals surface area contributed by atoms with Crippen molar-refractivity contribution in [2.75, 3.05) is 20.1 Å². The van der Waals surface area contributed by atoms with Crippen molar-refractivity contribution in [3.8, 4) is 12.3 Å². The molecule has 16 heavy (non-hydrogen) atoms. The van der Waals surface area contributed by atoms with Gasteiger partial charge in [0.2, 0.25) is 0 Å². The molecule has 2 rings (SSSR count). The first-order valence-electron chi connectivity index (χ1n) is 5.79. The summed E-state index contributed by atoms with van der Waals surface area (Å²) in [5.74, 6) is 2.65. The van der Waals surface area contributed by atoms with Crippen LogP contribution in [0.3, 0.4) is 0 Å². The van der Waals surface area contributed by atoms with Crippen LogP contribution in [0.25, 0.3) is 0 Å². The third kappa shape index (κ3) is 1.95. The van der Waals surface area contributed by atoms with Crippen LogP contribution in [-0.4, -0.2) is 25.1 Å². The van der Waals surface area contributed by atoms with Gasteiger partial charge < -0.3 is 0 Å². The Bertz CT molecular complexity index is 400. The second kappa shape index (κ2) is 4.65. The number of piperidine rings is 1. The normalized spacial score (nSPS) is 19.0. The molecule has 3 heteroatoms. The number of nitrogens with one attached hydrogen (secondary N) is 1. The molecule has 0 amide bonds. The van der Waals surface area contributed by atoms with Crippen LogP contribution in [0.1, 0.15) is 24.8 Å². The Labute approximate surface area is 97.1 Å². The number of hydrogen-bond acceptors (Lipinski definition) is 2. The molecule has 0 unspecified atom stereocenters. The Balaban J connectivity index is 2.35. The van der Waals surface area contributed by atoms with E-state index in [1.807, 2.05) is 13.2 Å². The van der Waals surface area contributed by atoms with Gasteiger partial charge in [-0.3, -0.25) is 4.98 Å². The fourth-order valence-corrected chi connectivity index (χ4v) is 2.40. The molecule has 0 aliphatic carbocycles. The minimum Gasteiger partial charge on any atom is -0.257 e. The van der Waals surface area contributed by atoms with Gasteiger partial charge in [-0.2, -0.15) is 5.43 Å². The number of aromatic nitrogens is 1. The molecule has 0 aromatic carbocycles. The highest BCUT2D eigenvalue weighted by Crippen LogP contribution is 2.25.